The van der Waals surface area contributed by atoms with Crippen molar-refractivity contribution in [2.45, 2.75) is 50.0 Å². The van der Waals surface area contributed by atoms with E-state index in [-0.39, 0.29) is 0 Å². The average molecular weight is 457 g/mol. The Morgan fingerprint density at radius 1 is 1.10 bits per heavy atom. The maximum absolute atomic E-state index is 5.05. The maximum atomic E-state index is 5.05. The molecular weight excluding hydrogens is 424 g/mol. The van der Waals surface area contributed by atoms with Gasteiger partial charge in [-0.05, 0) is 44.2 Å². The Bertz CT molecular complexity index is 997. The number of imidazole rings is 1. The lowest BCUT2D eigenvalue weighted by Crippen LogP contribution is -2.46. The number of anilines is 2. The predicted octanol–water partition coefficient (Wildman–Crippen LogP) is 5.07. The number of hydrogen-bond donors (Lipinski definition) is 1. The van der Waals surface area contributed by atoms with E-state index in [0.717, 1.165) is 53.3 Å². The van der Waals surface area contributed by atoms with Crippen LogP contribution in [0.3, 0.4) is 0 Å². The normalized spacial score (nSPS) is 18.3. The Labute approximate surface area is 193 Å². The van der Waals surface area contributed by atoms with Crippen LogP contribution in [0.4, 0.5) is 10.9 Å². The van der Waals surface area contributed by atoms with Crippen molar-refractivity contribution in [2.24, 2.45) is 0 Å². The molecule has 2 fully saturated rings. The number of nitrogens with one attached hydrogen (secondary N) is 1. The molecule has 166 valence electrons. The molecule has 1 aromatic carbocycles. The zero-order valence-corrected chi connectivity index (χ0v) is 20.1. The lowest BCUT2D eigenvalue weighted by molar-refractivity contribution is 0.258. The van der Waals surface area contributed by atoms with E-state index in [1.807, 2.05) is 0 Å². The molecule has 0 radical (unpaired) electrons. The van der Waals surface area contributed by atoms with Crippen LogP contribution in [0.2, 0.25) is 0 Å². The number of piperazine rings is 1. The quantitative estimate of drug-likeness (QED) is 0.501. The molecule has 6 nitrogen and oxygen atoms in total. The summed E-state index contributed by atoms with van der Waals surface area (Å²) in [4.78, 5) is 12.3. The highest BCUT2D eigenvalue weighted by atomic mass is 32.2. The average Bonchev–Trinajstić information content (AvgIpc) is 3.53. The predicted molar refractivity (Wildman–Crippen MR) is 133 cm³/mol. The molecule has 0 amide bonds. The number of thioether (sulfide) groups is 1. The van der Waals surface area contributed by atoms with Gasteiger partial charge in [0.1, 0.15) is 5.69 Å². The van der Waals surface area contributed by atoms with Crippen molar-refractivity contribution >= 4 is 39.0 Å². The third-order valence-corrected chi connectivity index (χ3v) is 8.15. The van der Waals surface area contributed by atoms with Crippen molar-refractivity contribution in [2.75, 3.05) is 49.2 Å². The van der Waals surface area contributed by atoms with Gasteiger partial charge in [0.2, 0.25) is 10.1 Å². The van der Waals surface area contributed by atoms with Crippen LogP contribution >= 0.6 is 23.1 Å². The highest BCUT2D eigenvalue weighted by Gasteiger charge is 2.25. The summed E-state index contributed by atoms with van der Waals surface area (Å²) in [6, 6.07) is 9.26. The molecule has 1 N–H and O–H groups in total. The summed E-state index contributed by atoms with van der Waals surface area (Å²) in [5, 5.41) is 9.95. The van der Waals surface area contributed by atoms with Gasteiger partial charge in [0.25, 0.3) is 0 Å². The van der Waals surface area contributed by atoms with Crippen molar-refractivity contribution in [3.63, 3.8) is 0 Å². The van der Waals surface area contributed by atoms with Crippen LogP contribution in [0, 0.1) is 0 Å². The molecule has 3 aromatic rings. The summed E-state index contributed by atoms with van der Waals surface area (Å²) in [6.07, 6.45) is 8.41. The van der Waals surface area contributed by atoms with Crippen molar-refractivity contribution in [1.29, 1.82) is 0 Å². The standard InChI is InChI=1S/C23H32N6S2/c1-3-12-27-13-15-28(16-14-27)23-26-29-21(24-18-6-4-5-7-18)20(25-22(29)31-23)17-8-10-19(30-2)11-9-17/h8-11,18,24H,3-7,12-16H2,1-2H3. The number of rotatable bonds is 7. The van der Waals surface area contributed by atoms with Gasteiger partial charge >= 0.3 is 0 Å². The summed E-state index contributed by atoms with van der Waals surface area (Å²) >= 11 is 3.49. The summed E-state index contributed by atoms with van der Waals surface area (Å²) in [5.41, 5.74) is 2.18. The van der Waals surface area contributed by atoms with Crippen LogP contribution in [0.1, 0.15) is 39.0 Å². The van der Waals surface area contributed by atoms with Crippen molar-refractivity contribution < 1.29 is 0 Å². The van der Waals surface area contributed by atoms with Crippen molar-refractivity contribution in [3.05, 3.63) is 24.3 Å². The van der Waals surface area contributed by atoms with Gasteiger partial charge in [0, 0.05) is 42.7 Å². The van der Waals surface area contributed by atoms with E-state index in [2.05, 4.69) is 57.1 Å². The fourth-order valence-corrected chi connectivity index (χ4v) is 6.05. The largest absolute Gasteiger partial charge is 0.365 e. The molecule has 2 aromatic heterocycles. The minimum Gasteiger partial charge on any atom is -0.365 e. The molecule has 5 rings (SSSR count). The topological polar surface area (TPSA) is 48.7 Å². The van der Waals surface area contributed by atoms with Gasteiger partial charge in [-0.25, -0.2) is 4.98 Å². The van der Waals surface area contributed by atoms with E-state index >= 15 is 0 Å². The van der Waals surface area contributed by atoms with Gasteiger partial charge in [-0.15, -0.1) is 16.9 Å². The van der Waals surface area contributed by atoms with Gasteiger partial charge in [-0.3, -0.25) is 4.90 Å². The van der Waals surface area contributed by atoms with Crippen LogP contribution in [0.5, 0.6) is 0 Å². The van der Waals surface area contributed by atoms with Crippen molar-refractivity contribution in [3.8, 4) is 11.3 Å². The van der Waals surface area contributed by atoms with Gasteiger partial charge in [-0.2, -0.15) is 4.52 Å². The van der Waals surface area contributed by atoms with Crippen LogP contribution in [0.25, 0.3) is 16.2 Å². The molecule has 0 spiro atoms. The fourth-order valence-electron chi connectivity index (χ4n) is 4.69. The first-order valence-corrected chi connectivity index (χ1v) is 13.6. The molecule has 1 aliphatic carbocycles. The first-order valence-electron chi connectivity index (χ1n) is 11.5. The molecule has 3 heterocycles. The monoisotopic (exact) mass is 456 g/mol. The number of hydrogen-bond acceptors (Lipinski definition) is 7. The van der Waals surface area contributed by atoms with E-state index < -0.39 is 0 Å². The molecular formula is C23H32N6S2. The minimum atomic E-state index is 0.520. The Morgan fingerprint density at radius 2 is 1.84 bits per heavy atom. The lowest BCUT2D eigenvalue weighted by atomic mass is 10.1. The van der Waals surface area contributed by atoms with E-state index in [4.69, 9.17) is 10.1 Å². The zero-order chi connectivity index (χ0) is 21.2. The smallest absolute Gasteiger partial charge is 0.216 e. The highest BCUT2D eigenvalue weighted by molar-refractivity contribution is 7.98. The Balaban J connectivity index is 1.45. The third kappa shape index (κ3) is 4.43. The molecule has 1 saturated heterocycles. The lowest BCUT2D eigenvalue weighted by Gasteiger charge is -2.34. The molecule has 0 atom stereocenters. The van der Waals surface area contributed by atoms with Crippen molar-refractivity contribution in [1.82, 2.24) is 19.5 Å². The van der Waals surface area contributed by atoms with E-state index in [0.29, 0.717) is 6.04 Å². The van der Waals surface area contributed by atoms with E-state index in [1.54, 1.807) is 23.1 Å². The van der Waals surface area contributed by atoms with E-state index in [9.17, 15) is 0 Å². The number of nitrogens with zero attached hydrogens (tertiary/aromatic N) is 5. The van der Waals surface area contributed by atoms with Crippen LogP contribution in [-0.4, -0.2) is 64.5 Å². The molecule has 1 saturated carbocycles. The molecule has 0 bridgehead atoms. The summed E-state index contributed by atoms with van der Waals surface area (Å²) in [6.45, 7) is 7.79. The second kappa shape index (κ2) is 9.38. The molecule has 8 heteroatoms. The van der Waals surface area contributed by atoms with Gasteiger partial charge < -0.3 is 10.2 Å². The first-order chi connectivity index (χ1) is 15.2. The van der Waals surface area contributed by atoms with Crippen LogP contribution in [-0.2, 0) is 0 Å². The summed E-state index contributed by atoms with van der Waals surface area (Å²) < 4.78 is 2.06. The summed E-state index contributed by atoms with van der Waals surface area (Å²) in [5.74, 6) is 1.06. The van der Waals surface area contributed by atoms with E-state index in [1.165, 1.54) is 43.5 Å². The maximum Gasteiger partial charge on any atom is 0.216 e. The second-order valence-corrected chi connectivity index (χ2v) is 10.4. The molecule has 0 unspecified atom stereocenters. The molecule has 31 heavy (non-hydrogen) atoms. The van der Waals surface area contributed by atoms with Gasteiger partial charge in [-0.1, -0.05) is 43.2 Å². The fraction of sp³-hybridized carbons (Fsp3) is 0.565. The summed E-state index contributed by atoms with van der Waals surface area (Å²) in [7, 11) is 0. The Hall–Kier alpha value is -1.77. The van der Waals surface area contributed by atoms with Crippen LogP contribution in [0.15, 0.2) is 29.2 Å². The second-order valence-electron chi connectivity index (χ2n) is 8.57. The van der Waals surface area contributed by atoms with Crippen LogP contribution < -0.4 is 10.2 Å². The highest BCUT2D eigenvalue weighted by Crippen LogP contribution is 2.36. The van der Waals surface area contributed by atoms with Gasteiger partial charge in [0.05, 0.1) is 0 Å². The molecule has 2 aliphatic rings. The minimum absolute atomic E-state index is 0.520. The number of benzene rings is 1. The Kier molecular flexibility index (Phi) is 6.39. The number of aromatic nitrogens is 3. The van der Waals surface area contributed by atoms with Gasteiger partial charge in [0.15, 0.2) is 5.82 Å². The molecule has 1 aliphatic heterocycles. The first kappa shape index (κ1) is 21.1. The third-order valence-electron chi connectivity index (χ3n) is 6.43. The number of fused-ring (bicyclic) bond motifs is 1. The Morgan fingerprint density at radius 3 is 2.52 bits per heavy atom. The zero-order valence-electron chi connectivity index (χ0n) is 18.5. The SMILES string of the molecule is CCCN1CCN(c2nn3c(NC4CCCC4)c(-c4ccc(SC)cc4)nc3s2)CC1.